The quantitative estimate of drug-likeness (QED) is 0.531. The van der Waals surface area contributed by atoms with Crippen molar-refractivity contribution < 1.29 is 12.4 Å². The predicted octanol–water partition coefficient (Wildman–Crippen LogP) is 6.17. The molecule has 3 aliphatic heterocycles. The molecule has 6 rings (SSSR count). The first-order chi connectivity index (χ1) is 16.5. The highest BCUT2D eigenvalue weighted by Crippen LogP contribution is 2.36. The number of hydrogen-bond acceptors (Lipinski definition) is 4. The standard InChI is InChI=1S/C29H39N3O2.2H2/c1-21(2)20-34-28-13-7-24(8-14-28)29(33)30-25-9-11-26(12-10-25)31-16-15-27(19-31)32-17-22-3-4-23(18-32)6-5-22;;/h7-14,21-23,27H,3-6,15-20H2,1-2H3,(H,30,33);2*1H. The molecule has 3 saturated heterocycles. The van der Waals surface area contributed by atoms with Crippen molar-refractivity contribution in [2.45, 2.75) is 52.0 Å². The third-order valence-corrected chi connectivity index (χ3v) is 7.82. The topological polar surface area (TPSA) is 44.8 Å². The summed E-state index contributed by atoms with van der Waals surface area (Å²) in [6.07, 6.45) is 7.04. The fraction of sp³-hybridized carbons (Fsp3) is 0.552. The Balaban J connectivity index is 0.00000180. The molecule has 0 aromatic heterocycles. The van der Waals surface area contributed by atoms with E-state index in [1.165, 1.54) is 50.9 Å². The van der Waals surface area contributed by atoms with Crippen LogP contribution in [0.3, 0.4) is 0 Å². The molecule has 186 valence electrons. The van der Waals surface area contributed by atoms with E-state index < -0.39 is 0 Å². The minimum atomic E-state index is -0.0970. The molecule has 1 atom stereocenters. The number of fused-ring (bicyclic) bond motifs is 4. The van der Waals surface area contributed by atoms with E-state index in [1.54, 1.807) is 0 Å². The zero-order chi connectivity index (χ0) is 23.5. The average molecular weight is 466 g/mol. The number of ether oxygens (including phenoxy) is 1. The van der Waals surface area contributed by atoms with E-state index in [-0.39, 0.29) is 8.76 Å². The molecule has 1 N–H and O–H groups in total. The van der Waals surface area contributed by atoms with Gasteiger partial charge in [0.15, 0.2) is 0 Å². The van der Waals surface area contributed by atoms with Crippen molar-refractivity contribution in [2.75, 3.05) is 43.0 Å². The molecule has 1 unspecified atom stereocenters. The summed E-state index contributed by atoms with van der Waals surface area (Å²) in [5.41, 5.74) is 2.72. The molecule has 4 aliphatic rings. The maximum absolute atomic E-state index is 12.7. The monoisotopic (exact) mass is 465 g/mol. The van der Waals surface area contributed by atoms with Crippen molar-refractivity contribution in [1.82, 2.24) is 4.90 Å². The second kappa shape index (κ2) is 10.4. The first kappa shape index (κ1) is 23.2. The summed E-state index contributed by atoms with van der Waals surface area (Å²) < 4.78 is 5.71. The molecule has 5 heteroatoms. The fourth-order valence-electron chi connectivity index (χ4n) is 5.83. The molecule has 5 nitrogen and oxygen atoms in total. The van der Waals surface area contributed by atoms with E-state index in [1.807, 2.05) is 36.4 Å². The molecule has 2 bridgehead atoms. The van der Waals surface area contributed by atoms with Gasteiger partial charge < -0.3 is 15.0 Å². The van der Waals surface area contributed by atoms with Crippen LogP contribution in [0, 0.1) is 17.8 Å². The molecule has 0 spiro atoms. The highest BCUT2D eigenvalue weighted by atomic mass is 16.5. The van der Waals surface area contributed by atoms with E-state index in [0.29, 0.717) is 24.1 Å². The lowest BCUT2D eigenvalue weighted by Gasteiger charge is -2.29. The van der Waals surface area contributed by atoms with Crippen LogP contribution >= 0.6 is 0 Å². The number of nitrogens with zero attached hydrogens (tertiary/aromatic N) is 2. The fourth-order valence-corrected chi connectivity index (χ4v) is 5.83. The van der Waals surface area contributed by atoms with Gasteiger partial charge in [-0.2, -0.15) is 0 Å². The predicted molar refractivity (Wildman–Crippen MR) is 143 cm³/mol. The smallest absolute Gasteiger partial charge is 0.255 e. The summed E-state index contributed by atoms with van der Waals surface area (Å²) in [6.45, 7) is 9.77. The number of amides is 1. The number of rotatable bonds is 7. The van der Waals surface area contributed by atoms with Crippen LogP contribution < -0.4 is 15.0 Å². The molecule has 1 saturated carbocycles. The Morgan fingerprint density at radius 2 is 1.59 bits per heavy atom. The van der Waals surface area contributed by atoms with Gasteiger partial charge in [0.05, 0.1) is 6.61 Å². The summed E-state index contributed by atoms with van der Waals surface area (Å²) in [5, 5.41) is 3.02. The summed E-state index contributed by atoms with van der Waals surface area (Å²) >= 11 is 0. The van der Waals surface area contributed by atoms with Crippen molar-refractivity contribution >= 4 is 17.3 Å². The molecule has 4 fully saturated rings. The summed E-state index contributed by atoms with van der Waals surface area (Å²) in [5.74, 6) is 3.03. The van der Waals surface area contributed by atoms with Crippen LogP contribution in [0.15, 0.2) is 48.5 Å². The van der Waals surface area contributed by atoms with Crippen molar-refractivity contribution in [1.29, 1.82) is 0 Å². The highest BCUT2D eigenvalue weighted by Gasteiger charge is 2.35. The van der Waals surface area contributed by atoms with Gasteiger partial charge in [0.2, 0.25) is 0 Å². The molecule has 3 heterocycles. The van der Waals surface area contributed by atoms with Crippen molar-refractivity contribution in [3.05, 3.63) is 54.1 Å². The average Bonchev–Trinajstić information content (AvgIpc) is 3.15. The van der Waals surface area contributed by atoms with Crippen LogP contribution in [-0.2, 0) is 0 Å². The Morgan fingerprint density at radius 3 is 2.21 bits per heavy atom. The van der Waals surface area contributed by atoms with E-state index in [2.05, 4.69) is 41.1 Å². The van der Waals surface area contributed by atoms with Crippen LogP contribution in [-0.4, -0.2) is 49.6 Å². The van der Waals surface area contributed by atoms with Gasteiger partial charge in [0.25, 0.3) is 5.91 Å². The zero-order valence-corrected chi connectivity index (χ0v) is 20.7. The molecular formula is C29H43N3O2. The third-order valence-electron chi connectivity index (χ3n) is 7.82. The Bertz CT molecular complexity index is 945. The molecule has 2 aromatic carbocycles. The lowest BCUT2D eigenvalue weighted by atomic mass is 9.84. The third kappa shape index (κ3) is 5.57. The normalized spacial score (nSPS) is 24.9. The lowest BCUT2D eigenvalue weighted by molar-refractivity contribution is 0.102. The lowest BCUT2D eigenvalue weighted by Crippen LogP contribution is -2.40. The van der Waals surface area contributed by atoms with Gasteiger partial charge in [-0.05, 0) is 98.4 Å². The number of hydrogen-bond donors (Lipinski definition) is 1. The van der Waals surface area contributed by atoms with Gasteiger partial charge in [0.1, 0.15) is 5.75 Å². The van der Waals surface area contributed by atoms with Crippen molar-refractivity contribution in [3.63, 3.8) is 0 Å². The van der Waals surface area contributed by atoms with Gasteiger partial charge in [-0.1, -0.05) is 13.8 Å². The Hall–Kier alpha value is -2.53. The molecule has 0 radical (unpaired) electrons. The number of benzene rings is 2. The van der Waals surface area contributed by atoms with Gasteiger partial charge >= 0.3 is 0 Å². The van der Waals surface area contributed by atoms with Crippen LogP contribution in [0.2, 0.25) is 0 Å². The maximum Gasteiger partial charge on any atom is 0.255 e. The minimum Gasteiger partial charge on any atom is -0.493 e. The van der Waals surface area contributed by atoms with Crippen LogP contribution in [0.4, 0.5) is 11.4 Å². The second-order valence-corrected chi connectivity index (χ2v) is 11.0. The zero-order valence-electron chi connectivity index (χ0n) is 20.7. The number of nitrogens with one attached hydrogen (secondary N) is 1. The SMILES string of the molecule is CC(C)COc1ccc(C(=O)Nc2ccc(N3CCC(N4CC5CCC(CC5)C4)C3)cc2)cc1.[HH].[HH]. The van der Waals surface area contributed by atoms with Crippen LogP contribution in [0.1, 0.15) is 59.2 Å². The molecule has 1 amide bonds. The minimum absolute atomic E-state index is 0. The Morgan fingerprint density at radius 1 is 0.941 bits per heavy atom. The largest absolute Gasteiger partial charge is 0.493 e. The van der Waals surface area contributed by atoms with Crippen molar-refractivity contribution in [3.8, 4) is 5.75 Å². The number of anilines is 2. The van der Waals surface area contributed by atoms with Gasteiger partial charge in [0, 0.05) is 52.0 Å². The van der Waals surface area contributed by atoms with E-state index in [9.17, 15) is 4.79 Å². The molecule has 34 heavy (non-hydrogen) atoms. The molecular weight excluding hydrogens is 422 g/mol. The van der Waals surface area contributed by atoms with Gasteiger partial charge in [-0.25, -0.2) is 0 Å². The maximum atomic E-state index is 12.7. The number of carbonyl (C=O) groups excluding carboxylic acids is 1. The van der Waals surface area contributed by atoms with Gasteiger partial charge in [-0.3, -0.25) is 9.69 Å². The first-order valence-electron chi connectivity index (χ1n) is 13.2. The second-order valence-electron chi connectivity index (χ2n) is 11.0. The highest BCUT2D eigenvalue weighted by molar-refractivity contribution is 6.04. The van der Waals surface area contributed by atoms with Gasteiger partial charge in [-0.15, -0.1) is 0 Å². The van der Waals surface area contributed by atoms with Crippen LogP contribution in [0.25, 0.3) is 0 Å². The van der Waals surface area contributed by atoms with Crippen LogP contribution in [0.5, 0.6) is 5.75 Å². The number of carbonyl (C=O) groups is 1. The Kier molecular flexibility index (Phi) is 7.10. The summed E-state index contributed by atoms with van der Waals surface area (Å²) in [7, 11) is 0. The summed E-state index contributed by atoms with van der Waals surface area (Å²) in [4.78, 5) is 18.0. The van der Waals surface area contributed by atoms with E-state index >= 15 is 0 Å². The van der Waals surface area contributed by atoms with Crippen molar-refractivity contribution in [2.24, 2.45) is 17.8 Å². The molecule has 2 aromatic rings. The first-order valence-corrected chi connectivity index (χ1v) is 13.2. The molecule has 1 aliphatic carbocycles. The van der Waals surface area contributed by atoms with E-state index in [0.717, 1.165) is 36.4 Å². The Labute approximate surface area is 207 Å². The van der Waals surface area contributed by atoms with E-state index in [4.69, 9.17) is 4.74 Å². The summed E-state index contributed by atoms with van der Waals surface area (Å²) in [6, 6.07) is 16.4.